The Morgan fingerprint density at radius 3 is 2.24 bits per heavy atom. The fourth-order valence-electron chi connectivity index (χ4n) is 2.51. The number of hydrogen-bond acceptors (Lipinski definition) is 3. The van der Waals surface area contributed by atoms with Crippen LogP contribution in [0.25, 0.3) is 0 Å². The summed E-state index contributed by atoms with van der Waals surface area (Å²) >= 11 is 0. The molecule has 0 unspecified atom stereocenters. The summed E-state index contributed by atoms with van der Waals surface area (Å²) in [6.45, 7) is 4.16. The largest absolute Gasteiger partial charge is 0.481 e. The maximum absolute atomic E-state index is 12.4. The molecule has 2 rings (SSSR count). The number of carbonyl (C=O) groups is 1. The van der Waals surface area contributed by atoms with Crippen LogP contribution in [0.1, 0.15) is 24.0 Å². The summed E-state index contributed by atoms with van der Waals surface area (Å²) in [5.74, 6) is -1.30. The first kappa shape index (κ1) is 15.8. The lowest BCUT2D eigenvalue weighted by atomic mass is 9.99. The summed E-state index contributed by atoms with van der Waals surface area (Å²) in [4.78, 5) is 10.9. The van der Waals surface area contributed by atoms with Crippen molar-refractivity contribution in [3.05, 3.63) is 29.3 Å². The van der Waals surface area contributed by atoms with Crippen molar-refractivity contribution in [2.45, 2.75) is 26.7 Å². The minimum absolute atomic E-state index is 0.233. The van der Waals surface area contributed by atoms with Crippen molar-refractivity contribution < 1.29 is 18.3 Å². The van der Waals surface area contributed by atoms with E-state index in [0.717, 1.165) is 11.1 Å². The van der Waals surface area contributed by atoms with E-state index in [4.69, 9.17) is 5.11 Å². The number of anilines is 1. The highest BCUT2D eigenvalue weighted by molar-refractivity contribution is 7.90. The number of nitrogens with one attached hydrogen (secondary N) is 1. The van der Waals surface area contributed by atoms with Gasteiger partial charge in [0.25, 0.3) is 0 Å². The fraction of sp³-hybridized carbons (Fsp3) is 0.500. The molecular weight excluding hydrogens is 292 g/mol. The first-order valence-electron chi connectivity index (χ1n) is 6.88. The third-order valence-corrected chi connectivity index (χ3v) is 5.36. The molecule has 0 atom stereocenters. The van der Waals surface area contributed by atoms with Gasteiger partial charge in [-0.25, -0.2) is 0 Å². The number of carboxylic acid groups (broad SMARTS) is 1. The SMILES string of the molecule is Cc1cccc(C)c1NS(=O)(=O)N1CCC(C(=O)O)CC1. The van der Waals surface area contributed by atoms with Crippen molar-refractivity contribution in [1.82, 2.24) is 4.31 Å². The van der Waals surface area contributed by atoms with Gasteiger partial charge >= 0.3 is 16.2 Å². The van der Waals surface area contributed by atoms with E-state index in [2.05, 4.69) is 4.72 Å². The smallest absolute Gasteiger partial charge is 0.306 e. The maximum atomic E-state index is 12.4. The van der Waals surface area contributed by atoms with Crippen molar-refractivity contribution >= 4 is 21.9 Å². The van der Waals surface area contributed by atoms with E-state index >= 15 is 0 Å². The van der Waals surface area contributed by atoms with Gasteiger partial charge in [0.1, 0.15) is 0 Å². The van der Waals surface area contributed by atoms with Gasteiger partial charge in [0.2, 0.25) is 0 Å². The normalized spacial score (nSPS) is 17.6. The molecule has 0 bridgehead atoms. The van der Waals surface area contributed by atoms with E-state index < -0.39 is 22.1 Å². The summed E-state index contributed by atoms with van der Waals surface area (Å²) in [5, 5.41) is 8.95. The zero-order valence-electron chi connectivity index (χ0n) is 12.2. The molecule has 0 spiro atoms. The molecule has 0 aromatic heterocycles. The third-order valence-electron chi connectivity index (χ3n) is 3.86. The van der Waals surface area contributed by atoms with E-state index in [1.165, 1.54) is 4.31 Å². The minimum atomic E-state index is -3.64. The molecule has 1 saturated heterocycles. The number of aryl methyl sites for hydroxylation is 2. The molecule has 1 aromatic rings. The van der Waals surface area contributed by atoms with Gasteiger partial charge in [-0.15, -0.1) is 0 Å². The summed E-state index contributed by atoms with van der Waals surface area (Å²) in [6.07, 6.45) is 0.700. The van der Waals surface area contributed by atoms with Gasteiger partial charge in [-0.05, 0) is 37.8 Å². The van der Waals surface area contributed by atoms with Crippen molar-refractivity contribution in [2.24, 2.45) is 5.92 Å². The van der Waals surface area contributed by atoms with E-state index in [1.54, 1.807) is 0 Å². The summed E-state index contributed by atoms with van der Waals surface area (Å²) in [5.41, 5.74) is 2.32. The van der Waals surface area contributed by atoms with Gasteiger partial charge in [0.05, 0.1) is 11.6 Å². The molecule has 2 N–H and O–H groups in total. The number of piperidine rings is 1. The molecule has 21 heavy (non-hydrogen) atoms. The standard InChI is InChI=1S/C14H20N2O4S/c1-10-4-3-5-11(2)13(10)15-21(19,20)16-8-6-12(7-9-16)14(17)18/h3-5,12,15H,6-9H2,1-2H3,(H,17,18). The van der Waals surface area contributed by atoms with Crippen LogP contribution in [-0.2, 0) is 15.0 Å². The lowest BCUT2D eigenvalue weighted by Gasteiger charge is -2.29. The van der Waals surface area contributed by atoms with Crippen molar-refractivity contribution in [3.8, 4) is 0 Å². The van der Waals surface area contributed by atoms with Crippen LogP contribution in [0.5, 0.6) is 0 Å². The average Bonchev–Trinajstić information content (AvgIpc) is 2.43. The van der Waals surface area contributed by atoms with Crippen molar-refractivity contribution in [2.75, 3.05) is 17.8 Å². The number of nitrogens with zero attached hydrogens (tertiary/aromatic N) is 1. The van der Waals surface area contributed by atoms with E-state index in [0.29, 0.717) is 18.5 Å². The van der Waals surface area contributed by atoms with Crippen LogP contribution in [0.4, 0.5) is 5.69 Å². The van der Waals surface area contributed by atoms with E-state index in [9.17, 15) is 13.2 Å². The Labute approximate surface area is 125 Å². The van der Waals surface area contributed by atoms with Crippen LogP contribution in [-0.4, -0.2) is 36.9 Å². The molecule has 1 fully saturated rings. The average molecular weight is 312 g/mol. The number of benzene rings is 1. The summed E-state index contributed by atoms with van der Waals surface area (Å²) in [6, 6.07) is 5.57. The molecular formula is C14H20N2O4S. The quantitative estimate of drug-likeness (QED) is 0.887. The zero-order valence-corrected chi connectivity index (χ0v) is 13.0. The minimum Gasteiger partial charge on any atom is -0.481 e. The molecule has 1 aliphatic rings. The number of para-hydroxylation sites is 1. The van der Waals surface area contributed by atoms with Crippen LogP contribution in [0.3, 0.4) is 0 Å². The molecule has 1 aromatic carbocycles. The van der Waals surface area contributed by atoms with Gasteiger partial charge in [0.15, 0.2) is 0 Å². The molecule has 7 heteroatoms. The maximum Gasteiger partial charge on any atom is 0.306 e. The monoisotopic (exact) mass is 312 g/mol. The number of aliphatic carboxylic acids is 1. The van der Waals surface area contributed by atoms with Gasteiger partial charge in [-0.2, -0.15) is 12.7 Å². The Morgan fingerprint density at radius 2 is 1.76 bits per heavy atom. The highest BCUT2D eigenvalue weighted by atomic mass is 32.2. The lowest BCUT2D eigenvalue weighted by molar-refractivity contribution is -0.142. The lowest BCUT2D eigenvalue weighted by Crippen LogP contribution is -2.43. The molecule has 1 aliphatic heterocycles. The molecule has 0 amide bonds. The number of rotatable bonds is 4. The van der Waals surface area contributed by atoms with Crippen molar-refractivity contribution in [1.29, 1.82) is 0 Å². The number of carboxylic acids is 1. The Balaban J connectivity index is 2.11. The van der Waals surface area contributed by atoms with Gasteiger partial charge < -0.3 is 5.11 Å². The molecule has 0 saturated carbocycles. The topological polar surface area (TPSA) is 86.7 Å². The predicted octanol–water partition coefficient (Wildman–Crippen LogP) is 1.76. The first-order valence-corrected chi connectivity index (χ1v) is 8.32. The van der Waals surface area contributed by atoms with Gasteiger partial charge in [-0.1, -0.05) is 18.2 Å². The molecule has 0 aliphatic carbocycles. The zero-order chi connectivity index (χ0) is 15.6. The summed E-state index contributed by atoms with van der Waals surface area (Å²) in [7, 11) is -3.64. The second kappa shape index (κ2) is 6.03. The molecule has 116 valence electrons. The molecule has 6 nitrogen and oxygen atoms in total. The third kappa shape index (κ3) is 3.54. The van der Waals surface area contributed by atoms with Gasteiger partial charge in [-0.3, -0.25) is 9.52 Å². The number of hydrogen-bond donors (Lipinski definition) is 2. The van der Waals surface area contributed by atoms with Crippen LogP contribution in [0.15, 0.2) is 18.2 Å². The molecule has 0 radical (unpaired) electrons. The Kier molecular flexibility index (Phi) is 4.53. The van der Waals surface area contributed by atoms with Gasteiger partial charge in [0, 0.05) is 13.1 Å². The van der Waals surface area contributed by atoms with E-state index in [1.807, 2.05) is 32.0 Å². The Hall–Kier alpha value is -1.60. The highest BCUT2D eigenvalue weighted by Gasteiger charge is 2.31. The van der Waals surface area contributed by atoms with Crippen LogP contribution in [0, 0.1) is 19.8 Å². The first-order chi connectivity index (χ1) is 9.81. The van der Waals surface area contributed by atoms with Crippen LogP contribution in [0.2, 0.25) is 0 Å². The highest BCUT2D eigenvalue weighted by Crippen LogP contribution is 2.24. The predicted molar refractivity (Wildman–Crippen MR) is 80.4 cm³/mol. The molecule has 1 heterocycles. The van der Waals surface area contributed by atoms with Crippen LogP contribution < -0.4 is 4.72 Å². The Morgan fingerprint density at radius 1 is 1.24 bits per heavy atom. The second-order valence-corrected chi connectivity index (χ2v) is 7.06. The van der Waals surface area contributed by atoms with Crippen LogP contribution >= 0.6 is 0 Å². The summed E-state index contributed by atoms with van der Waals surface area (Å²) < 4.78 is 28.7. The van der Waals surface area contributed by atoms with E-state index in [-0.39, 0.29) is 13.1 Å². The fourth-order valence-corrected chi connectivity index (χ4v) is 3.91. The second-order valence-electron chi connectivity index (χ2n) is 5.39. The Bertz CT molecular complexity index is 614. The van der Waals surface area contributed by atoms with Crippen molar-refractivity contribution in [3.63, 3.8) is 0 Å².